The van der Waals surface area contributed by atoms with Gasteiger partial charge in [-0.15, -0.1) is 0 Å². The third kappa shape index (κ3) is 2.33. The molecule has 2 aliphatic heterocycles. The van der Waals surface area contributed by atoms with Crippen LogP contribution in [0.2, 0.25) is 0 Å². The van der Waals surface area contributed by atoms with Gasteiger partial charge < -0.3 is 15.0 Å². The van der Waals surface area contributed by atoms with Gasteiger partial charge in [-0.3, -0.25) is 14.7 Å². The van der Waals surface area contributed by atoms with Crippen LogP contribution in [-0.4, -0.2) is 58.8 Å². The number of amides is 2. The largest absolute Gasteiger partial charge is 0.363 e. The number of aromatic amines is 1. The molecule has 1 spiro atoms. The van der Waals surface area contributed by atoms with Gasteiger partial charge in [0.05, 0.1) is 5.60 Å². The van der Waals surface area contributed by atoms with Crippen molar-refractivity contribution in [1.82, 2.24) is 20.4 Å². The number of piperidine rings is 1. The monoisotopic (exact) mass is 264 g/mol. The van der Waals surface area contributed by atoms with Gasteiger partial charge in [-0.2, -0.15) is 5.10 Å². The zero-order valence-corrected chi connectivity index (χ0v) is 10.5. The molecule has 3 rings (SSSR count). The van der Waals surface area contributed by atoms with Gasteiger partial charge >= 0.3 is 0 Å². The first-order valence-electron chi connectivity index (χ1n) is 6.38. The van der Waals surface area contributed by atoms with Gasteiger partial charge in [0.25, 0.3) is 5.91 Å². The lowest BCUT2D eigenvalue weighted by atomic mass is 9.90. The zero-order chi connectivity index (χ0) is 13.3. The molecule has 102 valence electrons. The van der Waals surface area contributed by atoms with Crippen LogP contribution in [0.15, 0.2) is 12.3 Å². The molecule has 2 fully saturated rings. The predicted molar refractivity (Wildman–Crippen MR) is 65.4 cm³/mol. The van der Waals surface area contributed by atoms with Crippen LogP contribution in [0.1, 0.15) is 23.3 Å². The molecule has 7 heteroatoms. The number of nitrogens with one attached hydrogen (secondary N) is 2. The Bertz CT molecular complexity index is 465. The molecule has 3 heterocycles. The second kappa shape index (κ2) is 4.65. The average Bonchev–Trinajstić information content (AvgIpc) is 2.97. The molecular weight excluding hydrogens is 248 g/mol. The van der Waals surface area contributed by atoms with Gasteiger partial charge in [0.1, 0.15) is 12.3 Å². The summed E-state index contributed by atoms with van der Waals surface area (Å²) in [6.07, 6.45) is 3.05. The van der Waals surface area contributed by atoms with Crippen LogP contribution in [0, 0.1) is 0 Å². The van der Waals surface area contributed by atoms with Crippen molar-refractivity contribution in [2.45, 2.75) is 18.4 Å². The Labute approximate surface area is 110 Å². The van der Waals surface area contributed by atoms with Crippen molar-refractivity contribution in [1.29, 1.82) is 0 Å². The van der Waals surface area contributed by atoms with Crippen molar-refractivity contribution < 1.29 is 14.3 Å². The molecule has 2 saturated heterocycles. The van der Waals surface area contributed by atoms with E-state index >= 15 is 0 Å². The Morgan fingerprint density at radius 2 is 2.21 bits per heavy atom. The smallest absolute Gasteiger partial charge is 0.271 e. The summed E-state index contributed by atoms with van der Waals surface area (Å²) in [6, 6.07) is 1.67. The molecule has 0 aliphatic carbocycles. The summed E-state index contributed by atoms with van der Waals surface area (Å²) in [5, 5.41) is 9.30. The third-order valence-corrected chi connectivity index (χ3v) is 3.81. The molecule has 19 heavy (non-hydrogen) atoms. The van der Waals surface area contributed by atoms with Gasteiger partial charge in [-0.25, -0.2) is 0 Å². The predicted octanol–water partition coefficient (Wildman–Crippen LogP) is -0.469. The van der Waals surface area contributed by atoms with E-state index in [-0.39, 0.29) is 24.0 Å². The number of aromatic nitrogens is 2. The summed E-state index contributed by atoms with van der Waals surface area (Å²) in [4.78, 5) is 25.0. The van der Waals surface area contributed by atoms with E-state index in [1.807, 2.05) is 0 Å². The number of rotatable bonds is 1. The molecule has 0 bridgehead atoms. The van der Waals surface area contributed by atoms with Crippen LogP contribution in [0.3, 0.4) is 0 Å². The molecule has 0 saturated carbocycles. The first-order chi connectivity index (χ1) is 9.19. The van der Waals surface area contributed by atoms with E-state index in [1.54, 1.807) is 17.2 Å². The van der Waals surface area contributed by atoms with E-state index in [4.69, 9.17) is 4.74 Å². The van der Waals surface area contributed by atoms with Gasteiger partial charge in [0.15, 0.2) is 0 Å². The maximum Gasteiger partial charge on any atom is 0.271 e. The fourth-order valence-corrected chi connectivity index (χ4v) is 2.56. The molecule has 2 aliphatic rings. The summed E-state index contributed by atoms with van der Waals surface area (Å²) in [7, 11) is 0. The Kier molecular flexibility index (Phi) is 2.98. The van der Waals surface area contributed by atoms with Crippen LogP contribution in [-0.2, 0) is 9.53 Å². The number of likely N-dealkylation sites (tertiary alicyclic amines) is 1. The fraction of sp³-hybridized carbons (Fsp3) is 0.583. The summed E-state index contributed by atoms with van der Waals surface area (Å²) >= 11 is 0. The zero-order valence-electron chi connectivity index (χ0n) is 10.5. The van der Waals surface area contributed by atoms with E-state index < -0.39 is 0 Å². The lowest BCUT2D eigenvalue weighted by Gasteiger charge is -2.43. The first-order valence-corrected chi connectivity index (χ1v) is 6.38. The molecule has 1 aromatic rings. The van der Waals surface area contributed by atoms with Crippen molar-refractivity contribution in [3.05, 3.63) is 18.0 Å². The minimum atomic E-state index is -0.293. The van der Waals surface area contributed by atoms with E-state index in [1.165, 1.54) is 0 Å². The molecular formula is C12H16N4O3. The highest BCUT2D eigenvalue weighted by Crippen LogP contribution is 2.28. The molecule has 0 atom stereocenters. The van der Waals surface area contributed by atoms with Crippen molar-refractivity contribution in [2.75, 3.05) is 26.2 Å². The quantitative estimate of drug-likeness (QED) is 0.718. The standard InChI is InChI=1S/C12H16N4O3/c17-10-7-19-12(8-13-10)2-5-16(6-3-12)11(18)9-1-4-14-15-9/h1,4H,2-3,5-8H2,(H,13,17)(H,14,15). The molecule has 1 aromatic heterocycles. The number of morpholine rings is 1. The lowest BCUT2D eigenvalue weighted by molar-refractivity contribution is -0.149. The van der Waals surface area contributed by atoms with Gasteiger partial charge in [-0.1, -0.05) is 0 Å². The second-order valence-corrected chi connectivity index (χ2v) is 5.01. The number of carbonyl (C=O) groups excluding carboxylic acids is 2. The van der Waals surface area contributed by atoms with Crippen LogP contribution in [0.5, 0.6) is 0 Å². The molecule has 0 radical (unpaired) electrons. The molecule has 7 nitrogen and oxygen atoms in total. The second-order valence-electron chi connectivity index (χ2n) is 5.01. The minimum absolute atomic E-state index is 0.0350. The maximum atomic E-state index is 12.1. The topological polar surface area (TPSA) is 87.3 Å². The van der Waals surface area contributed by atoms with E-state index in [0.29, 0.717) is 25.3 Å². The van der Waals surface area contributed by atoms with Crippen LogP contribution >= 0.6 is 0 Å². The van der Waals surface area contributed by atoms with Crippen molar-refractivity contribution >= 4 is 11.8 Å². The molecule has 0 unspecified atom stereocenters. The van der Waals surface area contributed by atoms with Gasteiger partial charge in [0.2, 0.25) is 5.91 Å². The normalized spacial score (nSPS) is 22.3. The Balaban J connectivity index is 1.60. The number of hydrogen-bond donors (Lipinski definition) is 2. The van der Waals surface area contributed by atoms with Crippen molar-refractivity contribution in [3.8, 4) is 0 Å². The number of carbonyl (C=O) groups is 2. The van der Waals surface area contributed by atoms with Crippen LogP contribution in [0.25, 0.3) is 0 Å². The van der Waals surface area contributed by atoms with Crippen molar-refractivity contribution in [2.24, 2.45) is 0 Å². The summed E-state index contributed by atoms with van der Waals surface area (Å²) in [6.45, 7) is 1.92. The molecule has 0 aromatic carbocycles. The SMILES string of the molecule is O=C1COC2(CCN(C(=O)c3ccn[nH]3)CC2)CN1. The average molecular weight is 264 g/mol. The Morgan fingerprint density at radius 3 is 2.79 bits per heavy atom. The summed E-state index contributed by atoms with van der Waals surface area (Å²) < 4.78 is 5.67. The Morgan fingerprint density at radius 1 is 1.42 bits per heavy atom. The maximum absolute atomic E-state index is 12.1. The van der Waals surface area contributed by atoms with Gasteiger partial charge in [0, 0.05) is 25.8 Å². The number of nitrogens with zero attached hydrogens (tertiary/aromatic N) is 2. The number of hydrogen-bond acceptors (Lipinski definition) is 4. The number of H-pyrrole nitrogens is 1. The fourth-order valence-electron chi connectivity index (χ4n) is 2.56. The lowest BCUT2D eigenvalue weighted by Crippen LogP contribution is -2.58. The first kappa shape index (κ1) is 12.2. The van der Waals surface area contributed by atoms with E-state index in [2.05, 4.69) is 15.5 Å². The molecule has 2 N–H and O–H groups in total. The third-order valence-electron chi connectivity index (χ3n) is 3.81. The summed E-state index contributed by atoms with van der Waals surface area (Å²) in [5.74, 6) is -0.103. The molecule has 2 amide bonds. The highest BCUT2D eigenvalue weighted by molar-refractivity contribution is 5.92. The highest BCUT2D eigenvalue weighted by atomic mass is 16.5. The van der Waals surface area contributed by atoms with E-state index in [0.717, 1.165) is 12.8 Å². The number of ether oxygens (including phenoxy) is 1. The summed E-state index contributed by atoms with van der Waals surface area (Å²) in [5.41, 5.74) is 0.215. The van der Waals surface area contributed by atoms with Crippen LogP contribution in [0.4, 0.5) is 0 Å². The van der Waals surface area contributed by atoms with Gasteiger partial charge in [-0.05, 0) is 18.9 Å². The van der Waals surface area contributed by atoms with E-state index in [9.17, 15) is 9.59 Å². The minimum Gasteiger partial charge on any atom is -0.363 e. The highest BCUT2D eigenvalue weighted by Gasteiger charge is 2.40. The van der Waals surface area contributed by atoms with Crippen molar-refractivity contribution in [3.63, 3.8) is 0 Å². The van der Waals surface area contributed by atoms with Crippen LogP contribution < -0.4 is 5.32 Å². The Hall–Kier alpha value is -1.89.